The van der Waals surface area contributed by atoms with Crippen molar-refractivity contribution in [2.24, 2.45) is 0 Å². The third-order valence-electron chi connectivity index (χ3n) is 3.39. The van der Waals surface area contributed by atoms with Crippen LogP contribution in [0.2, 0.25) is 0 Å². The first kappa shape index (κ1) is 13.9. The van der Waals surface area contributed by atoms with Gasteiger partial charge in [-0.1, -0.05) is 0 Å². The molecule has 1 fully saturated rings. The van der Waals surface area contributed by atoms with Crippen LogP contribution < -0.4 is 15.7 Å². The summed E-state index contributed by atoms with van der Waals surface area (Å²) in [5.41, 5.74) is 1.72. The molecule has 0 saturated carbocycles. The Bertz CT molecular complexity index is 487. The molecule has 4 N–H and O–H groups in total. The lowest BCUT2D eigenvalue weighted by Crippen LogP contribution is -2.44. The number of hydrogen-bond donors (Lipinski definition) is 4. The Morgan fingerprint density at radius 2 is 1.95 bits per heavy atom. The van der Waals surface area contributed by atoms with Crippen molar-refractivity contribution >= 4 is 24.2 Å². The number of carboxylic acid groups (broad SMARTS) is 1. The summed E-state index contributed by atoms with van der Waals surface area (Å²) in [5.74, 6) is -1.06. The second kappa shape index (κ2) is 5.60. The largest absolute Gasteiger partial charge is 0.488 e. The summed E-state index contributed by atoms with van der Waals surface area (Å²) in [5, 5.41) is 31.0. The molecule has 1 aliphatic heterocycles. The van der Waals surface area contributed by atoms with Gasteiger partial charge in [-0.05, 0) is 30.1 Å². The molecular formula is C12H17BN2O4. The average Bonchev–Trinajstić information content (AvgIpc) is 2.39. The van der Waals surface area contributed by atoms with E-state index >= 15 is 0 Å². The maximum atomic E-state index is 11.2. The number of nitrogens with zero attached hydrogens (tertiary/aromatic N) is 1. The van der Waals surface area contributed by atoms with Crippen molar-refractivity contribution in [1.29, 1.82) is 0 Å². The van der Waals surface area contributed by atoms with Gasteiger partial charge in [0.15, 0.2) is 0 Å². The molecule has 0 atom stereocenters. The molecule has 7 heteroatoms. The Morgan fingerprint density at radius 1 is 1.32 bits per heavy atom. The van der Waals surface area contributed by atoms with Crippen molar-refractivity contribution in [3.8, 4) is 0 Å². The van der Waals surface area contributed by atoms with Crippen molar-refractivity contribution < 1.29 is 19.9 Å². The van der Waals surface area contributed by atoms with Crippen LogP contribution in [0.15, 0.2) is 12.1 Å². The Hall–Kier alpha value is -1.57. The van der Waals surface area contributed by atoms with Crippen LogP contribution in [0.1, 0.15) is 15.9 Å². The molecule has 1 aliphatic rings. The molecule has 0 spiro atoms. The van der Waals surface area contributed by atoms with E-state index in [4.69, 9.17) is 0 Å². The van der Waals surface area contributed by atoms with Gasteiger partial charge in [0.25, 0.3) is 0 Å². The third-order valence-corrected chi connectivity index (χ3v) is 3.39. The number of carbonyl (C=O) groups is 1. The van der Waals surface area contributed by atoms with Gasteiger partial charge in [0.1, 0.15) is 0 Å². The highest BCUT2D eigenvalue weighted by atomic mass is 16.4. The Kier molecular flexibility index (Phi) is 4.09. The summed E-state index contributed by atoms with van der Waals surface area (Å²) in [7, 11) is -1.67. The number of piperazine rings is 1. The molecule has 2 rings (SSSR count). The summed E-state index contributed by atoms with van der Waals surface area (Å²) >= 11 is 0. The highest BCUT2D eigenvalue weighted by Gasteiger charge is 2.22. The van der Waals surface area contributed by atoms with Crippen LogP contribution in [0.25, 0.3) is 0 Å². The Morgan fingerprint density at radius 3 is 2.47 bits per heavy atom. The van der Waals surface area contributed by atoms with Crippen molar-refractivity contribution in [2.45, 2.75) is 6.92 Å². The molecule has 1 aromatic carbocycles. The van der Waals surface area contributed by atoms with E-state index in [0.717, 1.165) is 31.9 Å². The van der Waals surface area contributed by atoms with E-state index in [1.54, 1.807) is 13.0 Å². The first-order chi connectivity index (χ1) is 9.00. The number of hydrogen-bond acceptors (Lipinski definition) is 5. The molecule has 0 amide bonds. The minimum absolute atomic E-state index is 0.110. The molecule has 6 nitrogen and oxygen atoms in total. The van der Waals surface area contributed by atoms with Crippen LogP contribution in [-0.2, 0) is 0 Å². The van der Waals surface area contributed by atoms with E-state index in [0.29, 0.717) is 5.56 Å². The number of anilines is 1. The fourth-order valence-corrected chi connectivity index (χ4v) is 2.33. The summed E-state index contributed by atoms with van der Waals surface area (Å²) in [4.78, 5) is 13.3. The second-order valence-corrected chi connectivity index (χ2v) is 4.63. The number of rotatable bonds is 3. The molecular weight excluding hydrogens is 247 g/mol. The summed E-state index contributed by atoms with van der Waals surface area (Å²) in [6, 6.07) is 2.96. The van der Waals surface area contributed by atoms with Gasteiger partial charge in [-0.15, -0.1) is 0 Å². The zero-order valence-electron chi connectivity index (χ0n) is 10.8. The molecule has 0 aliphatic carbocycles. The van der Waals surface area contributed by atoms with Crippen LogP contribution in [0.5, 0.6) is 0 Å². The fourth-order valence-electron chi connectivity index (χ4n) is 2.33. The smallest absolute Gasteiger partial charge is 0.478 e. The minimum Gasteiger partial charge on any atom is -0.478 e. The summed E-state index contributed by atoms with van der Waals surface area (Å²) in [6.45, 7) is 4.94. The second-order valence-electron chi connectivity index (χ2n) is 4.63. The predicted octanol–water partition coefficient (Wildman–Crippen LogP) is -1.22. The number of carboxylic acids is 1. The molecule has 1 heterocycles. The zero-order valence-corrected chi connectivity index (χ0v) is 10.8. The summed E-state index contributed by atoms with van der Waals surface area (Å²) in [6.07, 6.45) is 0. The van der Waals surface area contributed by atoms with Crippen molar-refractivity contribution in [2.75, 3.05) is 31.1 Å². The maximum Gasteiger partial charge on any atom is 0.488 e. The first-order valence-electron chi connectivity index (χ1n) is 6.20. The molecule has 0 unspecified atom stereocenters. The number of benzene rings is 1. The van der Waals surface area contributed by atoms with Crippen molar-refractivity contribution in [1.82, 2.24) is 5.32 Å². The van der Waals surface area contributed by atoms with Gasteiger partial charge in [-0.3, -0.25) is 0 Å². The lowest BCUT2D eigenvalue weighted by Gasteiger charge is -2.31. The monoisotopic (exact) mass is 264 g/mol. The zero-order chi connectivity index (χ0) is 14.0. The molecule has 1 saturated heterocycles. The third kappa shape index (κ3) is 2.89. The van der Waals surface area contributed by atoms with Crippen LogP contribution in [0.4, 0.5) is 5.69 Å². The maximum absolute atomic E-state index is 11.2. The number of aromatic carboxylic acids is 1. The SMILES string of the molecule is Cc1c(C(=O)O)cc(B(O)O)cc1N1CCNCC1. The van der Waals surface area contributed by atoms with E-state index < -0.39 is 13.1 Å². The molecule has 102 valence electrons. The Labute approximate surface area is 111 Å². The van der Waals surface area contributed by atoms with Crippen LogP contribution in [0, 0.1) is 6.92 Å². The van der Waals surface area contributed by atoms with Crippen molar-refractivity contribution in [3.63, 3.8) is 0 Å². The van der Waals surface area contributed by atoms with Gasteiger partial charge in [0.2, 0.25) is 0 Å². The normalized spacial score (nSPS) is 15.4. The van der Waals surface area contributed by atoms with Crippen LogP contribution in [0.3, 0.4) is 0 Å². The predicted molar refractivity (Wildman–Crippen MR) is 73.0 cm³/mol. The van der Waals surface area contributed by atoms with E-state index in [1.165, 1.54) is 6.07 Å². The number of nitrogens with one attached hydrogen (secondary N) is 1. The molecule has 0 bridgehead atoms. The molecule has 1 aromatic rings. The molecule has 0 radical (unpaired) electrons. The summed E-state index contributed by atoms with van der Waals surface area (Å²) < 4.78 is 0. The minimum atomic E-state index is -1.67. The van der Waals surface area contributed by atoms with Crippen molar-refractivity contribution in [3.05, 3.63) is 23.3 Å². The highest BCUT2D eigenvalue weighted by Crippen LogP contribution is 2.23. The average molecular weight is 264 g/mol. The molecule has 0 aromatic heterocycles. The van der Waals surface area contributed by atoms with Crippen LogP contribution >= 0.6 is 0 Å². The van der Waals surface area contributed by atoms with Gasteiger partial charge >= 0.3 is 13.1 Å². The lowest BCUT2D eigenvalue weighted by molar-refractivity contribution is 0.0696. The van der Waals surface area contributed by atoms with Gasteiger partial charge < -0.3 is 25.4 Å². The lowest BCUT2D eigenvalue weighted by atomic mass is 9.78. The van der Waals surface area contributed by atoms with E-state index in [9.17, 15) is 19.9 Å². The topological polar surface area (TPSA) is 93.0 Å². The van der Waals surface area contributed by atoms with E-state index in [2.05, 4.69) is 10.2 Å². The molecule has 19 heavy (non-hydrogen) atoms. The Balaban J connectivity index is 2.48. The van der Waals surface area contributed by atoms with Crippen LogP contribution in [-0.4, -0.2) is 54.4 Å². The first-order valence-corrected chi connectivity index (χ1v) is 6.20. The van der Waals surface area contributed by atoms with E-state index in [1.807, 2.05) is 0 Å². The highest BCUT2D eigenvalue weighted by molar-refractivity contribution is 6.58. The quantitative estimate of drug-likeness (QED) is 0.511. The van der Waals surface area contributed by atoms with Gasteiger partial charge in [0.05, 0.1) is 5.56 Å². The van der Waals surface area contributed by atoms with Gasteiger partial charge in [-0.25, -0.2) is 4.79 Å². The standard InChI is InChI=1S/C12H17BN2O4/c1-8-10(12(16)17)6-9(13(18)19)7-11(8)15-4-2-14-3-5-15/h6-7,14,18-19H,2-5H2,1H3,(H,16,17). The van der Waals surface area contributed by atoms with Gasteiger partial charge in [0, 0.05) is 31.9 Å². The van der Waals surface area contributed by atoms with Gasteiger partial charge in [-0.2, -0.15) is 0 Å². The van der Waals surface area contributed by atoms with E-state index in [-0.39, 0.29) is 11.0 Å². The fraction of sp³-hybridized carbons (Fsp3) is 0.417.